The summed E-state index contributed by atoms with van der Waals surface area (Å²) in [6, 6.07) is 6.24. The van der Waals surface area contributed by atoms with E-state index in [-0.39, 0.29) is 10.6 Å². The molecule has 1 aromatic rings. The minimum atomic E-state index is -3.66. The first-order chi connectivity index (χ1) is 9.20. The van der Waals surface area contributed by atoms with Crippen molar-refractivity contribution in [3.05, 3.63) is 24.3 Å². The molecule has 0 saturated heterocycles. The highest BCUT2D eigenvalue weighted by atomic mass is 32.2. The molecule has 0 atom stereocenters. The van der Waals surface area contributed by atoms with E-state index < -0.39 is 21.5 Å². The van der Waals surface area contributed by atoms with Crippen molar-refractivity contribution >= 4 is 21.7 Å². The zero-order valence-electron chi connectivity index (χ0n) is 11.8. The Balaban J connectivity index is 3.15. The summed E-state index contributed by atoms with van der Waals surface area (Å²) in [6.07, 6.45) is 0.676. The van der Waals surface area contributed by atoms with Crippen LogP contribution in [0.5, 0.6) is 0 Å². The van der Waals surface area contributed by atoms with Crippen LogP contribution in [0.3, 0.4) is 0 Å². The van der Waals surface area contributed by atoms with Crippen LogP contribution in [0.25, 0.3) is 0 Å². The summed E-state index contributed by atoms with van der Waals surface area (Å²) in [7, 11) is -3.66. The second kappa shape index (κ2) is 6.23. The van der Waals surface area contributed by atoms with Gasteiger partial charge in [-0.2, -0.15) is 0 Å². The first kappa shape index (κ1) is 16.5. The van der Waals surface area contributed by atoms with E-state index in [9.17, 15) is 13.2 Å². The maximum Gasteiger partial charge on any atom is 0.328 e. The number of para-hydroxylation sites is 1. The van der Waals surface area contributed by atoms with Gasteiger partial charge in [-0.3, -0.25) is 0 Å². The van der Waals surface area contributed by atoms with Crippen LogP contribution in [0.4, 0.5) is 5.69 Å². The fraction of sp³-hybridized carbons (Fsp3) is 0.462. The summed E-state index contributed by atoms with van der Waals surface area (Å²) in [5.74, 6) is -1.06. The largest absolute Gasteiger partial charge is 0.480 e. The first-order valence-electron chi connectivity index (χ1n) is 6.31. The number of carbonyl (C=O) groups is 1. The minimum Gasteiger partial charge on any atom is -0.480 e. The number of aliphatic carboxylic acids is 1. The highest BCUT2D eigenvalue weighted by Crippen LogP contribution is 2.24. The number of nitrogens with one attached hydrogen (secondary N) is 2. The minimum absolute atomic E-state index is 0.0442. The lowest BCUT2D eigenvalue weighted by atomic mass is 10.1. The van der Waals surface area contributed by atoms with Crippen LogP contribution >= 0.6 is 0 Å². The van der Waals surface area contributed by atoms with Crippen molar-refractivity contribution in [2.45, 2.75) is 37.6 Å². The summed E-state index contributed by atoms with van der Waals surface area (Å²) in [4.78, 5) is 11.2. The van der Waals surface area contributed by atoms with E-state index in [1.165, 1.54) is 19.9 Å². The van der Waals surface area contributed by atoms with E-state index in [4.69, 9.17) is 5.11 Å². The monoisotopic (exact) mass is 300 g/mol. The summed E-state index contributed by atoms with van der Waals surface area (Å²) in [5.41, 5.74) is -1.00. The average Bonchev–Trinajstić information content (AvgIpc) is 2.36. The number of sulfonamides is 1. The molecule has 0 aliphatic carbocycles. The van der Waals surface area contributed by atoms with Gasteiger partial charge in [-0.15, -0.1) is 0 Å². The van der Waals surface area contributed by atoms with Gasteiger partial charge in [0.2, 0.25) is 10.0 Å². The Labute approximate surface area is 119 Å². The third-order valence-electron chi connectivity index (χ3n) is 2.70. The topological polar surface area (TPSA) is 95.5 Å². The molecular formula is C13H20N2O4S. The maximum absolute atomic E-state index is 12.2. The molecule has 6 nitrogen and oxygen atoms in total. The molecule has 7 heteroatoms. The smallest absolute Gasteiger partial charge is 0.328 e. The quantitative estimate of drug-likeness (QED) is 0.711. The maximum atomic E-state index is 12.2. The normalized spacial score (nSPS) is 12.2. The van der Waals surface area contributed by atoms with E-state index >= 15 is 0 Å². The van der Waals surface area contributed by atoms with Crippen molar-refractivity contribution in [2.24, 2.45) is 0 Å². The van der Waals surface area contributed by atoms with Crippen molar-refractivity contribution in [1.82, 2.24) is 4.72 Å². The van der Waals surface area contributed by atoms with Crippen molar-refractivity contribution in [2.75, 3.05) is 11.9 Å². The molecule has 0 aliphatic heterocycles. The average molecular weight is 300 g/mol. The Morgan fingerprint density at radius 3 is 2.45 bits per heavy atom. The highest BCUT2D eigenvalue weighted by molar-refractivity contribution is 7.89. The van der Waals surface area contributed by atoms with Gasteiger partial charge in [0.05, 0.1) is 5.69 Å². The van der Waals surface area contributed by atoms with Crippen LogP contribution < -0.4 is 10.0 Å². The number of carboxylic acid groups (broad SMARTS) is 1. The van der Waals surface area contributed by atoms with Gasteiger partial charge in [0.25, 0.3) is 0 Å². The first-order valence-corrected chi connectivity index (χ1v) is 7.79. The SMILES string of the molecule is CCCNS(=O)(=O)c1ccccc1NC(C)(C)C(=O)O. The molecule has 0 bridgehead atoms. The van der Waals surface area contributed by atoms with Crippen molar-refractivity contribution in [1.29, 1.82) is 0 Å². The van der Waals surface area contributed by atoms with E-state index in [1.807, 2.05) is 6.92 Å². The Kier molecular flexibility index (Phi) is 5.13. The van der Waals surface area contributed by atoms with Gasteiger partial charge >= 0.3 is 5.97 Å². The van der Waals surface area contributed by atoms with Gasteiger partial charge in [0.15, 0.2) is 0 Å². The number of carboxylic acids is 1. The molecule has 20 heavy (non-hydrogen) atoms. The highest BCUT2D eigenvalue weighted by Gasteiger charge is 2.29. The van der Waals surface area contributed by atoms with Crippen LogP contribution in [0.15, 0.2) is 29.2 Å². The molecule has 112 valence electrons. The molecule has 0 heterocycles. The Morgan fingerprint density at radius 1 is 1.30 bits per heavy atom. The van der Waals surface area contributed by atoms with Crippen molar-refractivity contribution < 1.29 is 18.3 Å². The number of hydrogen-bond donors (Lipinski definition) is 3. The van der Waals surface area contributed by atoms with Crippen LogP contribution in [0, 0.1) is 0 Å². The van der Waals surface area contributed by atoms with Crippen LogP contribution in [-0.2, 0) is 14.8 Å². The van der Waals surface area contributed by atoms with Crippen molar-refractivity contribution in [3.8, 4) is 0 Å². The van der Waals surface area contributed by atoms with Crippen LogP contribution in [0.2, 0.25) is 0 Å². The van der Waals surface area contributed by atoms with Gasteiger partial charge in [-0.25, -0.2) is 17.9 Å². The molecule has 0 saturated carbocycles. The van der Waals surface area contributed by atoms with Gasteiger partial charge in [0.1, 0.15) is 10.4 Å². The van der Waals surface area contributed by atoms with Crippen LogP contribution in [-0.4, -0.2) is 31.6 Å². The predicted molar refractivity (Wildman–Crippen MR) is 77.3 cm³/mol. The molecule has 1 rings (SSSR count). The van der Waals surface area contributed by atoms with Gasteiger partial charge in [-0.05, 0) is 32.4 Å². The molecule has 0 aromatic heterocycles. The summed E-state index contributed by atoms with van der Waals surface area (Å²) in [6.45, 7) is 5.13. The lowest BCUT2D eigenvalue weighted by molar-refractivity contribution is -0.141. The Hall–Kier alpha value is -1.60. The molecule has 0 aliphatic rings. The Morgan fingerprint density at radius 2 is 1.90 bits per heavy atom. The van der Waals surface area contributed by atoms with Gasteiger partial charge < -0.3 is 10.4 Å². The third kappa shape index (κ3) is 3.94. The number of benzene rings is 1. The fourth-order valence-corrected chi connectivity index (χ4v) is 2.80. The van der Waals surface area contributed by atoms with E-state index in [0.717, 1.165) is 0 Å². The molecular weight excluding hydrogens is 280 g/mol. The third-order valence-corrected chi connectivity index (χ3v) is 4.22. The lowest BCUT2D eigenvalue weighted by Crippen LogP contribution is -2.40. The molecule has 0 amide bonds. The second-order valence-electron chi connectivity index (χ2n) is 4.95. The molecule has 3 N–H and O–H groups in total. The standard InChI is InChI=1S/C13H20N2O4S/c1-4-9-14-20(18,19)11-8-6-5-7-10(11)15-13(2,3)12(16)17/h5-8,14-15H,4,9H2,1-3H3,(H,16,17). The molecule has 0 fully saturated rings. The van der Waals surface area contributed by atoms with Gasteiger partial charge in [-0.1, -0.05) is 19.1 Å². The second-order valence-corrected chi connectivity index (χ2v) is 6.68. The number of anilines is 1. The van der Waals surface area contributed by atoms with E-state index in [1.54, 1.807) is 18.2 Å². The zero-order chi connectivity index (χ0) is 15.4. The summed E-state index contributed by atoms with van der Waals surface area (Å²) < 4.78 is 26.8. The molecule has 0 radical (unpaired) electrons. The molecule has 1 aromatic carbocycles. The number of rotatable bonds is 7. The van der Waals surface area contributed by atoms with Crippen molar-refractivity contribution in [3.63, 3.8) is 0 Å². The molecule has 0 spiro atoms. The summed E-state index contributed by atoms with van der Waals surface area (Å²) >= 11 is 0. The number of hydrogen-bond acceptors (Lipinski definition) is 4. The lowest BCUT2D eigenvalue weighted by Gasteiger charge is -2.24. The molecule has 0 unspecified atom stereocenters. The predicted octanol–water partition coefficient (Wildman–Crippen LogP) is 1.65. The van der Waals surface area contributed by atoms with E-state index in [2.05, 4.69) is 10.0 Å². The van der Waals surface area contributed by atoms with Crippen LogP contribution in [0.1, 0.15) is 27.2 Å². The van der Waals surface area contributed by atoms with E-state index in [0.29, 0.717) is 13.0 Å². The summed E-state index contributed by atoms with van der Waals surface area (Å²) in [5, 5.41) is 11.9. The Bertz CT molecular complexity index is 582. The fourth-order valence-electron chi connectivity index (χ4n) is 1.51. The van der Waals surface area contributed by atoms with Gasteiger partial charge in [0, 0.05) is 6.54 Å². The zero-order valence-corrected chi connectivity index (χ0v) is 12.6.